The average molecular weight is 405 g/mol. The number of fused-ring (bicyclic) bond motifs is 1. The zero-order valence-electron chi connectivity index (χ0n) is 18.1. The predicted octanol–water partition coefficient (Wildman–Crippen LogP) is 3.61. The molecule has 2 aliphatic heterocycles. The van der Waals surface area contributed by atoms with Gasteiger partial charge in [-0.3, -0.25) is 4.79 Å². The summed E-state index contributed by atoms with van der Waals surface area (Å²) in [5, 5.41) is 0. The Morgan fingerprint density at radius 3 is 2.14 bits per heavy atom. The molecule has 0 unspecified atom stereocenters. The van der Waals surface area contributed by atoms with Crippen molar-refractivity contribution in [2.45, 2.75) is 101 Å². The Hall–Kier alpha value is -0.650. The summed E-state index contributed by atoms with van der Waals surface area (Å²) < 4.78 is 11.8. The normalized spacial score (nSPS) is 37.5. The number of carbonyl (C=O) groups is 1. The van der Waals surface area contributed by atoms with E-state index in [0.29, 0.717) is 24.8 Å². The van der Waals surface area contributed by atoms with Gasteiger partial charge < -0.3 is 19.3 Å². The van der Waals surface area contributed by atoms with Gasteiger partial charge in [-0.2, -0.15) is 0 Å². The van der Waals surface area contributed by atoms with Gasteiger partial charge in [0.05, 0.1) is 12.1 Å². The average Bonchev–Trinajstić information content (AvgIpc) is 3.59. The summed E-state index contributed by atoms with van der Waals surface area (Å²) in [5.41, 5.74) is 0. The van der Waals surface area contributed by atoms with Gasteiger partial charge in [-0.05, 0) is 76.0 Å². The minimum absolute atomic E-state index is 0.248. The Bertz CT molecular complexity index is 550. The topological polar surface area (TPSA) is 42.0 Å². The van der Waals surface area contributed by atoms with E-state index in [9.17, 15) is 4.79 Å². The van der Waals surface area contributed by atoms with E-state index >= 15 is 0 Å². The van der Waals surface area contributed by atoms with Gasteiger partial charge in [-0.1, -0.05) is 12.8 Å². The monoisotopic (exact) mass is 404 g/mol. The summed E-state index contributed by atoms with van der Waals surface area (Å²) in [6, 6.07) is 1.56. The Morgan fingerprint density at radius 1 is 0.793 bits per heavy atom. The van der Waals surface area contributed by atoms with E-state index in [1.807, 2.05) is 0 Å². The molecule has 0 aromatic heterocycles. The van der Waals surface area contributed by atoms with Crippen molar-refractivity contribution in [1.82, 2.24) is 9.80 Å². The Kier molecular flexibility index (Phi) is 6.45. The summed E-state index contributed by atoms with van der Waals surface area (Å²) in [4.78, 5) is 17.7. The molecule has 164 valence electrons. The number of ether oxygens (including phenoxy) is 2. The second-order valence-electron chi connectivity index (χ2n) is 10.4. The molecule has 0 aromatic rings. The standard InChI is InChI=1S/C24H40N2O3/c27-24-17-29-23-4-2-1-3-22(23)26(24)21-11-13-25(14-12-21)20-9-7-19(8-10-20)16-28-15-18-5-6-18/h18-23H,1-17H2/t19?,20?,22-,23-/m1/s1. The zero-order chi connectivity index (χ0) is 19.6. The fraction of sp³-hybridized carbons (Fsp3) is 0.958. The molecular formula is C24H40N2O3. The summed E-state index contributed by atoms with van der Waals surface area (Å²) in [6.45, 7) is 4.65. The van der Waals surface area contributed by atoms with Crippen LogP contribution in [-0.2, 0) is 14.3 Å². The summed E-state index contributed by atoms with van der Waals surface area (Å²) in [7, 11) is 0. The van der Waals surface area contributed by atoms with Crippen LogP contribution in [0.3, 0.4) is 0 Å². The first-order chi connectivity index (χ1) is 14.3. The second kappa shape index (κ2) is 9.23. The smallest absolute Gasteiger partial charge is 0.249 e. The minimum atomic E-state index is 0.248. The summed E-state index contributed by atoms with van der Waals surface area (Å²) >= 11 is 0. The SMILES string of the molecule is O=C1CO[C@@H]2CCCC[C@H]2N1C1CCN(C2CCC(COCC3CC3)CC2)CC1. The van der Waals surface area contributed by atoms with Crippen LogP contribution >= 0.6 is 0 Å². The van der Waals surface area contributed by atoms with E-state index in [2.05, 4.69) is 9.80 Å². The first kappa shape index (κ1) is 20.3. The van der Waals surface area contributed by atoms with Crippen LogP contribution in [0.5, 0.6) is 0 Å². The van der Waals surface area contributed by atoms with Crippen molar-refractivity contribution >= 4 is 5.91 Å². The fourth-order valence-corrected chi connectivity index (χ4v) is 6.39. The highest BCUT2D eigenvalue weighted by atomic mass is 16.5. The Balaban J connectivity index is 1.07. The molecule has 2 heterocycles. The van der Waals surface area contributed by atoms with Gasteiger partial charge in [-0.15, -0.1) is 0 Å². The van der Waals surface area contributed by atoms with Crippen LogP contribution < -0.4 is 0 Å². The molecule has 3 saturated carbocycles. The highest BCUT2D eigenvalue weighted by Crippen LogP contribution is 2.35. The highest BCUT2D eigenvalue weighted by molar-refractivity contribution is 5.79. The lowest BCUT2D eigenvalue weighted by Crippen LogP contribution is -2.61. The zero-order valence-corrected chi connectivity index (χ0v) is 18.1. The van der Waals surface area contributed by atoms with Crippen molar-refractivity contribution in [3.05, 3.63) is 0 Å². The molecule has 0 spiro atoms. The number of amides is 1. The third kappa shape index (κ3) is 4.83. The number of hydrogen-bond acceptors (Lipinski definition) is 4. The maximum Gasteiger partial charge on any atom is 0.249 e. The first-order valence-corrected chi connectivity index (χ1v) is 12.5. The van der Waals surface area contributed by atoms with Crippen LogP contribution in [-0.4, -0.2) is 72.8 Å². The van der Waals surface area contributed by atoms with Crippen LogP contribution in [0, 0.1) is 11.8 Å². The van der Waals surface area contributed by atoms with Crippen molar-refractivity contribution in [3.63, 3.8) is 0 Å². The number of nitrogens with zero attached hydrogens (tertiary/aromatic N) is 2. The quantitative estimate of drug-likeness (QED) is 0.678. The number of hydrogen-bond donors (Lipinski definition) is 0. The molecule has 5 heteroatoms. The summed E-state index contributed by atoms with van der Waals surface area (Å²) in [6.07, 6.45) is 15.5. The molecule has 2 atom stereocenters. The summed E-state index contributed by atoms with van der Waals surface area (Å²) in [5.74, 6) is 1.92. The van der Waals surface area contributed by atoms with E-state index in [1.54, 1.807) is 0 Å². The fourth-order valence-electron chi connectivity index (χ4n) is 6.39. The van der Waals surface area contributed by atoms with E-state index in [4.69, 9.17) is 9.47 Å². The second-order valence-corrected chi connectivity index (χ2v) is 10.4. The molecule has 29 heavy (non-hydrogen) atoms. The molecule has 5 nitrogen and oxygen atoms in total. The van der Waals surface area contributed by atoms with Crippen LogP contribution in [0.1, 0.15) is 77.0 Å². The maximum absolute atomic E-state index is 12.7. The Labute approximate surface area is 176 Å². The van der Waals surface area contributed by atoms with Crippen LogP contribution in [0.4, 0.5) is 0 Å². The number of piperidine rings is 1. The largest absolute Gasteiger partial charge is 0.381 e. The molecule has 0 bridgehead atoms. The number of carbonyl (C=O) groups excluding carboxylic acids is 1. The van der Waals surface area contributed by atoms with E-state index in [0.717, 1.165) is 56.8 Å². The molecule has 3 aliphatic carbocycles. The van der Waals surface area contributed by atoms with Crippen molar-refractivity contribution in [3.8, 4) is 0 Å². The van der Waals surface area contributed by atoms with Gasteiger partial charge in [-0.25, -0.2) is 0 Å². The lowest BCUT2D eigenvalue weighted by molar-refractivity contribution is -0.167. The number of morpholine rings is 1. The lowest BCUT2D eigenvalue weighted by Gasteiger charge is -2.50. The number of likely N-dealkylation sites (tertiary alicyclic amines) is 1. The van der Waals surface area contributed by atoms with Gasteiger partial charge in [0.2, 0.25) is 5.91 Å². The van der Waals surface area contributed by atoms with Gasteiger partial charge in [0.25, 0.3) is 0 Å². The number of rotatable bonds is 6. The predicted molar refractivity (Wildman–Crippen MR) is 113 cm³/mol. The molecule has 0 N–H and O–H groups in total. The molecule has 2 saturated heterocycles. The maximum atomic E-state index is 12.7. The van der Waals surface area contributed by atoms with Crippen LogP contribution in [0.25, 0.3) is 0 Å². The van der Waals surface area contributed by atoms with E-state index in [-0.39, 0.29) is 5.91 Å². The Morgan fingerprint density at radius 2 is 1.45 bits per heavy atom. The first-order valence-electron chi connectivity index (χ1n) is 12.5. The van der Waals surface area contributed by atoms with Gasteiger partial charge in [0.1, 0.15) is 6.61 Å². The molecule has 5 rings (SSSR count). The third-order valence-corrected chi connectivity index (χ3v) is 8.36. The molecule has 0 aromatic carbocycles. The lowest BCUT2D eigenvalue weighted by atomic mass is 9.84. The van der Waals surface area contributed by atoms with E-state index < -0.39 is 0 Å². The van der Waals surface area contributed by atoms with Crippen molar-refractivity contribution < 1.29 is 14.3 Å². The molecule has 1 amide bonds. The molecule has 5 aliphatic rings. The van der Waals surface area contributed by atoms with Crippen LogP contribution in [0.15, 0.2) is 0 Å². The molecular weight excluding hydrogens is 364 g/mol. The van der Waals surface area contributed by atoms with Crippen molar-refractivity contribution in [2.24, 2.45) is 11.8 Å². The van der Waals surface area contributed by atoms with Crippen molar-refractivity contribution in [1.29, 1.82) is 0 Å². The third-order valence-electron chi connectivity index (χ3n) is 8.36. The van der Waals surface area contributed by atoms with E-state index in [1.165, 1.54) is 64.5 Å². The highest BCUT2D eigenvalue weighted by Gasteiger charge is 2.42. The molecule has 0 radical (unpaired) electrons. The minimum Gasteiger partial charge on any atom is -0.381 e. The van der Waals surface area contributed by atoms with Crippen LogP contribution in [0.2, 0.25) is 0 Å². The molecule has 5 fully saturated rings. The van der Waals surface area contributed by atoms with Gasteiger partial charge in [0, 0.05) is 38.4 Å². The van der Waals surface area contributed by atoms with Crippen molar-refractivity contribution in [2.75, 3.05) is 32.9 Å². The van der Waals surface area contributed by atoms with Gasteiger partial charge >= 0.3 is 0 Å². The van der Waals surface area contributed by atoms with Gasteiger partial charge in [0.15, 0.2) is 0 Å².